The molecule has 3 aromatic carbocycles. The highest BCUT2D eigenvalue weighted by molar-refractivity contribution is 6.32. The molecular weight excluding hydrogens is 428 g/mol. The summed E-state index contributed by atoms with van der Waals surface area (Å²) in [5, 5.41) is 8.59. The Morgan fingerprint density at radius 1 is 1.07 bits per heavy atom. The predicted molar refractivity (Wildman–Crippen MR) is 115 cm³/mol. The van der Waals surface area contributed by atoms with Crippen LogP contribution >= 0.6 is 23.2 Å². The van der Waals surface area contributed by atoms with Crippen LogP contribution in [0.2, 0.25) is 10.0 Å². The maximum Gasteiger partial charge on any atom is 0.248 e. The highest BCUT2D eigenvalue weighted by Gasteiger charge is 2.18. The summed E-state index contributed by atoms with van der Waals surface area (Å²) >= 11 is 12.1. The summed E-state index contributed by atoms with van der Waals surface area (Å²) in [6.45, 7) is 1.95. The number of aryl methyl sites for hydroxylation is 1. The Kier molecular flexibility index (Phi) is 5.61. The summed E-state index contributed by atoms with van der Waals surface area (Å²) in [6, 6.07) is 15.3. The van der Waals surface area contributed by atoms with E-state index >= 15 is 4.39 Å². The van der Waals surface area contributed by atoms with E-state index in [1.54, 1.807) is 18.2 Å². The molecule has 0 spiro atoms. The number of hydrogen-bond acceptors (Lipinski definition) is 5. The van der Waals surface area contributed by atoms with Crippen LogP contribution in [0.4, 0.5) is 10.1 Å². The van der Waals surface area contributed by atoms with Crippen LogP contribution in [0.3, 0.4) is 0 Å². The maximum absolute atomic E-state index is 15.1. The van der Waals surface area contributed by atoms with Crippen molar-refractivity contribution in [3.63, 3.8) is 0 Å². The molecule has 0 amide bonds. The zero-order valence-electron chi connectivity index (χ0n) is 15.8. The fraction of sp³-hybridized carbons (Fsp3) is 0.0909. The van der Waals surface area contributed by atoms with Gasteiger partial charge >= 0.3 is 0 Å². The lowest BCUT2D eigenvalue weighted by Gasteiger charge is -2.12. The van der Waals surface area contributed by atoms with E-state index in [1.807, 2.05) is 31.2 Å². The van der Waals surface area contributed by atoms with Gasteiger partial charge in [0.2, 0.25) is 11.8 Å². The first-order valence-corrected chi connectivity index (χ1v) is 9.75. The lowest BCUT2D eigenvalue weighted by Crippen LogP contribution is -1.98. The molecular formula is C22H16Cl2FN3O2. The molecule has 5 nitrogen and oxygen atoms in total. The molecule has 0 fully saturated rings. The first kappa shape index (κ1) is 20.2. The number of nitrogens with zero attached hydrogens (tertiary/aromatic N) is 2. The van der Waals surface area contributed by atoms with Gasteiger partial charge < -0.3 is 14.9 Å². The molecule has 0 bridgehead atoms. The SMILES string of the molecule is Cc1ccccc1-c1nnc(Cc2ccc(Cl)c(Oc3cc(N)cc(Cl)c3)c2F)o1. The molecule has 0 aliphatic carbocycles. The minimum absolute atomic E-state index is 0.0793. The van der Waals surface area contributed by atoms with Crippen molar-refractivity contribution >= 4 is 28.9 Å². The summed E-state index contributed by atoms with van der Waals surface area (Å²) in [7, 11) is 0. The first-order chi connectivity index (χ1) is 14.4. The molecule has 1 heterocycles. The van der Waals surface area contributed by atoms with Gasteiger partial charge in [-0.25, -0.2) is 4.39 Å². The minimum atomic E-state index is -0.628. The third kappa shape index (κ3) is 4.25. The van der Waals surface area contributed by atoms with Gasteiger partial charge in [-0.05, 0) is 36.8 Å². The number of nitrogens with two attached hydrogens (primary N) is 1. The van der Waals surface area contributed by atoms with Gasteiger partial charge in [-0.2, -0.15) is 0 Å². The van der Waals surface area contributed by atoms with Crippen molar-refractivity contribution in [1.29, 1.82) is 0 Å². The highest BCUT2D eigenvalue weighted by Crippen LogP contribution is 2.36. The van der Waals surface area contributed by atoms with Crippen molar-refractivity contribution in [2.24, 2.45) is 0 Å². The predicted octanol–water partition coefficient (Wildman–Crippen LogP) is 6.46. The lowest BCUT2D eigenvalue weighted by molar-refractivity contribution is 0.437. The van der Waals surface area contributed by atoms with Crippen LogP contribution in [-0.4, -0.2) is 10.2 Å². The number of halogens is 3. The van der Waals surface area contributed by atoms with E-state index in [1.165, 1.54) is 12.1 Å². The molecule has 152 valence electrons. The molecule has 0 atom stereocenters. The van der Waals surface area contributed by atoms with E-state index in [9.17, 15) is 0 Å². The Morgan fingerprint density at radius 3 is 2.63 bits per heavy atom. The van der Waals surface area contributed by atoms with Gasteiger partial charge in [0.05, 0.1) is 11.4 Å². The Bertz CT molecular complexity index is 1210. The quantitative estimate of drug-likeness (QED) is 0.358. The fourth-order valence-electron chi connectivity index (χ4n) is 2.97. The van der Waals surface area contributed by atoms with Gasteiger partial charge in [0.1, 0.15) is 5.75 Å². The van der Waals surface area contributed by atoms with Gasteiger partial charge in [-0.1, -0.05) is 47.5 Å². The van der Waals surface area contributed by atoms with Gasteiger partial charge in [-0.3, -0.25) is 0 Å². The first-order valence-electron chi connectivity index (χ1n) is 9.00. The number of rotatable bonds is 5. The molecule has 4 aromatic rings. The molecule has 4 rings (SSSR count). The fourth-order valence-corrected chi connectivity index (χ4v) is 3.39. The largest absolute Gasteiger partial charge is 0.453 e. The van der Waals surface area contributed by atoms with Crippen LogP contribution in [0, 0.1) is 12.7 Å². The number of benzene rings is 3. The zero-order chi connectivity index (χ0) is 21.3. The second-order valence-electron chi connectivity index (χ2n) is 6.66. The maximum atomic E-state index is 15.1. The average molecular weight is 444 g/mol. The molecule has 1 aromatic heterocycles. The number of ether oxygens (including phenoxy) is 1. The standard InChI is InChI=1S/C22H16Cl2FN3O2/c1-12-4-2-3-5-17(12)22-28-27-19(30-22)8-13-6-7-18(24)21(20(13)25)29-16-10-14(23)9-15(26)11-16/h2-7,9-11H,8,26H2,1H3. The van der Waals surface area contributed by atoms with Crippen LogP contribution < -0.4 is 10.5 Å². The normalized spacial score (nSPS) is 10.9. The van der Waals surface area contributed by atoms with Crippen LogP contribution in [0.5, 0.6) is 11.5 Å². The topological polar surface area (TPSA) is 74.2 Å². The van der Waals surface area contributed by atoms with Crippen molar-refractivity contribution in [1.82, 2.24) is 10.2 Å². The molecule has 8 heteroatoms. The molecule has 0 aliphatic heterocycles. The minimum Gasteiger partial charge on any atom is -0.453 e. The van der Waals surface area contributed by atoms with E-state index < -0.39 is 5.82 Å². The highest BCUT2D eigenvalue weighted by atomic mass is 35.5. The number of anilines is 1. The van der Waals surface area contributed by atoms with E-state index in [2.05, 4.69) is 10.2 Å². The van der Waals surface area contributed by atoms with Crippen molar-refractivity contribution in [2.45, 2.75) is 13.3 Å². The van der Waals surface area contributed by atoms with Crippen molar-refractivity contribution in [3.8, 4) is 23.0 Å². The van der Waals surface area contributed by atoms with Crippen molar-refractivity contribution in [3.05, 3.63) is 87.5 Å². The zero-order valence-corrected chi connectivity index (χ0v) is 17.3. The summed E-state index contributed by atoms with van der Waals surface area (Å²) in [5.41, 5.74) is 8.28. The summed E-state index contributed by atoms with van der Waals surface area (Å²) in [6.07, 6.45) is 0.0793. The van der Waals surface area contributed by atoms with Crippen LogP contribution in [-0.2, 0) is 6.42 Å². The molecule has 0 unspecified atom stereocenters. The molecule has 0 radical (unpaired) electrons. The van der Waals surface area contributed by atoms with Crippen molar-refractivity contribution < 1.29 is 13.5 Å². The Morgan fingerprint density at radius 2 is 1.87 bits per heavy atom. The van der Waals surface area contributed by atoms with Gasteiger partial charge in [-0.15, -0.1) is 10.2 Å². The molecule has 0 aliphatic rings. The van der Waals surface area contributed by atoms with Crippen LogP contribution in [0.15, 0.2) is 59.0 Å². The summed E-state index contributed by atoms with van der Waals surface area (Å²) in [5.74, 6) is 0.166. The van der Waals surface area contributed by atoms with Gasteiger partial charge in [0.15, 0.2) is 11.6 Å². The summed E-state index contributed by atoms with van der Waals surface area (Å²) < 4.78 is 26.5. The second kappa shape index (κ2) is 8.34. The van der Waals surface area contributed by atoms with E-state index in [-0.39, 0.29) is 28.8 Å². The number of aromatic nitrogens is 2. The average Bonchev–Trinajstić information content (AvgIpc) is 3.15. The Labute approximate surface area is 182 Å². The number of hydrogen-bond donors (Lipinski definition) is 1. The Hall–Kier alpha value is -3.09. The van der Waals surface area contributed by atoms with Crippen LogP contribution in [0.25, 0.3) is 11.5 Å². The van der Waals surface area contributed by atoms with E-state index in [0.717, 1.165) is 11.1 Å². The third-order valence-corrected chi connectivity index (χ3v) is 4.94. The van der Waals surface area contributed by atoms with Gasteiger partial charge in [0.25, 0.3) is 0 Å². The summed E-state index contributed by atoms with van der Waals surface area (Å²) in [4.78, 5) is 0. The number of nitrogen functional groups attached to an aromatic ring is 1. The monoisotopic (exact) mass is 443 g/mol. The van der Waals surface area contributed by atoms with Crippen LogP contribution in [0.1, 0.15) is 17.0 Å². The van der Waals surface area contributed by atoms with E-state index in [4.69, 9.17) is 38.1 Å². The Balaban J connectivity index is 1.62. The molecule has 0 saturated heterocycles. The smallest absolute Gasteiger partial charge is 0.248 e. The molecule has 2 N–H and O–H groups in total. The lowest BCUT2D eigenvalue weighted by atomic mass is 10.1. The van der Waals surface area contributed by atoms with Crippen molar-refractivity contribution in [2.75, 3.05) is 5.73 Å². The van der Waals surface area contributed by atoms with Gasteiger partial charge in [0, 0.05) is 27.9 Å². The molecule has 30 heavy (non-hydrogen) atoms. The third-order valence-electron chi connectivity index (χ3n) is 4.43. The molecule has 0 saturated carbocycles. The second-order valence-corrected chi connectivity index (χ2v) is 7.51. The van der Waals surface area contributed by atoms with E-state index in [0.29, 0.717) is 22.2 Å².